The van der Waals surface area contributed by atoms with Gasteiger partial charge in [-0.05, 0) is 0 Å². The normalized spacial score (nSPS) is 21.2. The number of hydrogen-bond donors (Lipinski definition) is 3. The quantitative estimate of drug-likeness (QED) is 0.523. The third-order valence-electron chi connectivity index (χ3n) is 2.60. The fourth-order valence-electron chi connectivity index (χ4n) is 1.73. The summed E-state index contributed by atoms with van der Waals surface area (Å²) < 4.78 is 5.12. The van der Waals surface area contributed by atoms with E-state index in [2.05, 4.69) is 17.9 Å². The fraction of sp³-hybridized carbons (Fsp3) is 0.700. The summed E-state index contributed by atoms with van der Waals surface area (Å²) in [7, 11) is 0. The highest BCUT2D eigenvalue weighted by Gasteiger charge is 2.34. The van der Waals surface area contributed by atoms with Crippen molar-refractivity contribution in [2.45, 2.75) is 19.0 Å². The number of nitrogens with zero attached hydrogens (tertiary/aromatic N) is 1. The molecular weight excluding hydrogens is 258 g/mol. The molecule has 0 aromatic carbocycles. The first-order valence-corrected chi connectivity index (χ1v) is 6.16. The zero-order valence-corrected chi connectivity index (χ0v) is 11.0. The van der Waals surface area contributed by atoms with Crippen molar-refractivity contribution in [2.24, 2.45) is 5.73 Å². The van der Waals surface area contributed by atoms with Crippen molar-refractivity contribution in [1.82, 2.24) is 10.2 Å². The lowest BCUT2D eigenvalue weighted by atomic mass is 10.1. The summed E-state index contributed by atoms with van der Waals surface area (Å²) in [4.78, 5) is 35.7. The highest BCUT2D eigenvalue weighted by atomic mass is 32.1. The van der Waals surface area contributed by atoms with Gasteiger partial charge in [0.05, 0.1) is 13.2 Å². The predicted octanol–water partition coefficient (Wildman–Crippen LogP) is -1.87. The summed E-state index contributed by atoms with van der Waals surface area (Å²) in [5.41, 5.74) is 5.22. The van der Waals surface area contributed by atoms with E-state index in [4.69, 9.17) is 10.5 Å². The zero-order valence-electron chi connectivity index (χ0n) is 10.1. The Morgan fingerprint density at radius 1 is 1.56 bits per heavy atom. The van der Waals surface area contributed by atoms with Gasteiger partial charge in [0.25, 0.3) is 0 Å². The van der Waals surface area contributed by atoms with Crippen molar-refractivity contribution < 1.29 is 19.1 Å². The molecule has 0 bridgehead atoms. The van der Waals surface area contributed by atoms with Crippen LogP contribution in [0, 0.1) is 0 Å². The molecule has 0 aliphatic carbocycles. The van der Waals surface area contributed by atoms with Gasteiger partial charge in [-0.25, -0.2) is 0 Å². The Labute approximate surface area is 110 Å². The van der Waals surface area contributed by atoms with Crippen LogP contribution in [0.5, 0.6) is 0 Å². The number of carbonyl (C=O) groups excluding carboxylic acids is 3. The van der Waals surface area contributed by atoms with E-state index in [1.165, 1.54) is 11.8 Å². The minimum absolute atomic E-state index is 0.0838. The molecule has 2 unspecified atom stereocenters. The van der Waals surface area contributed by atoms with Crippen molar-refractivity contribution in [3.8, 4) is 0 Å². The van der Waals surface area contributed by atoms with Gasteiger partial charge in [0.15, 0.2) is 0 Å². The Morgan fingerprint density at radius 2 is 2.22 bits per heavy atom. The van der Waals surface area contributed by atoms with Gasteiger partial charge in [0, 0.05) is 19.2 Å². The maximum absolute atomic E-state index is 12.2. The summed E-state index contributed by atoms with van der Waals surface area (Å²) >= 11 is 4.02. The SMILES string of the molecule is CC(=O)NC(CS)C(=O)N1CCOCC1C(N)=O. The average molecular weight is 275 g/mol. The summed E-state index contributed by atoms with van der Waals surface area (Å²) in [6.07, 6.45) is 0. The molecule has 1 rings (SSSR count). The molecule has 8 heteroatoms. The van der Waals surface area contributed by atoms with Crippen molar-refractivity contribution in [3.05, 3.63) is 0 Å². The second kappa shape index (κ2) is 6.60. The first-order valence-electron chi connectivity index (χ1n) is 5.53. The lowest BCUT2D eigenvalue weighted by Crippen LogP contribution is -2.59. The molecule has 0 aromatic heterocycles. The van der Waals surface area contributed by atoms with Crippen LogP contribution < -0.4 is 11.1 Å². The molecule has 102 valence electrons. The number of rotatable bonds is 4. The first kappa shape index (κ1) is 14.8. The number of hydrogen-bond acceptors (Lipinski definition) is 5. The molecule has 0 spiro atoms. The van der Waals surface area contributed by atoms with Crippen LogP contribution in [0.1, 0.15) is 6.92 Å². The van der Waals surface area contributed by atoms with E-state index in [-0.39, 0.29) is 30.7 Å². The molecule has 18 heavy (non-hydrogen) atoms. The third-order valence-corrected chi connectivity index (χ3v) is 2.96. The van der Waals surface area contributed by atoms with Gasteiger partial charge in [-0.15, -0.1) is 0 Å². The molecule has 0 radical (unpaired) electrons. The number of ether oxygens (including phenoxy) is 1. The Bertz CT molecular complexity index is 350. The van der Waals surface area contributed by atoms with Crippen LogP contribution in [0.25, 0.3) is 0 Å². The largest absolute Gasteiger partial charge is 0.377 e. The molecule has 0 aromatic rings. The number of carbonyl (C=O) groups is 3. The van der Waals surface area contributed by atoms with Gasteiger partial charge in [0.1, 0.15) is 12.1 Å². The molecule has 1 heterocycles. The van der Waals surface area contributed by atoms with Crippen molar-refractivity contribution in [2.75, 3.05) is 25.5 Å². The lowest BCUT2D eigenvalue weighted by molar-refractivity contribution is -0.149. The zero-order chi connectivity index (χ0) is 13.7. The van der Waals surface area contributed by atoms with Gasteiger partial charge >= 0.3 is 0 Å². The van der Waals surface area contributed by atoms with Gasteiger partial charge in [-0.2, -0.15) is 12.6 Å². The van der Waals surface area contributed by atoms with Crippen LogP contribution >= 0.6 is 12.6 Å². The third kappa shape index (κ3) is 3.61. The van der Waals surface area contributed by atoms with Gasteiger partial charge in [-0.1, -0.05) is 0 Å². The molecule has 3 amide bonds. The highest BCUT2D eigenvalue weighted by Crippen LogP contribution is 2.09. The first-order chi connectivity index (χ1) is 8.47. The van der Waals surface area contributed by atoms with E-state index in [9.17, 15) is 14.4 Å². The van der Waals surface area contributed by atoms with E-state index < -0.39 is 18.0 Å². The monoisotopic (exact) mass is 275 g/mol. The summed E-state index contributed by atoms with van der Waals surface area (Å²) in [5, 5.41) is 2.49. The topological polar surface area (TPSA) is 102 Å². The summed E-state index contributed by atoms with van der Waals surface area (Å²) in [6.45, 7) is 2.01. The van der Waals surface area contributed by atoms with Crippen LogP contribution in [0.15, 0.2) is 0 Å². The molecule has 7 nitrogen and oxygen atoms in total. The van der Waals surface area contributed by atoms with E-state index in [1.54, 1.807) is 0 Å². The standard InChI is InChI=1S/C10H17N3O4S/c1-6(14)12-7(5-18)10(16)13-2-3-17-4-8(13)9(11)15/h7-8,18H,2-5H2,1H3,(H2,11,15)(H,12,14). The number of amides is 3. The van der Waals surface area contributed by atoms with E-state index in [0.717, 1.165) is 0 Å². The number of primary amides is 1. The lowest BCUT2D eigenvalue weighted by Gasteiger charge is -2.35. The van der Waals surface area contributed by atoms with Crippen molar-refractivity contribution in [1.29, 1.82) is 0 Å². The molecule has 3 N–H and O–H groups in total. The van der Waals surface area contributed by atoms with Gasteiger partial charge in [-0.3, -0.25) is 14.4 Å². The maximum atomic E-state index is 12.2. The second-order valence-corrected chi connectivity index (χ2v) is 4.33. The van der Waals surface area contributed by atoms with E-state index in [0.29, 0.717) is 6.61 Å². The Balaban J connectivity index is 2.78. The molecular formula is C10H17N3O4S. The molecule has 0 saturated carbocycles. The number of nitrogens with two attached hydrogens (primary N) is 1. The van der Waals surface area contributed by atoms with Crippen molar-refractivity contribution in [3.63, 3.8) is 0 Å². The molecule has 2 atom stereocenters. The molecule has 1 aliphatic rings. The summed E-state index contributed by atoms with van der Waals surface area (Å²) in [6, 6.07) is -1.55. The Hall–Kier alpha value is -1.28. The fourth-order valence-corrected chi connectivity index (χ4v) is 1.98. The Kier molecular flexibility index (Phi) is 5.42. The predicted molar refractivity (Wildman–Crippen MR) is 67.0 cm³/mol. The van der Waals surface area contributed by atoms with E-state index >= 15 is 0 Å². The molecule has 1 aliphatic heterocycles. The molecule has 1 saturated heterocycles. The van der Waals surface area contributed by atoms with Gasteiger partial charge < -0.3 is 20.7 Å². The minimum Gasteiger partial charge on any atom is -0.377 e. The summed E-state index contributed by atoms with van der Waals surface area (Å²) in [5.74, 6) is -1.16. The molecule has 1 fully saturated rings. The van der Waals surface area contributed by atoms with Crippen LogP contribution in [-0.2, 0) is 19.1 Å². The number of thiol groups is 1. The number of morpholine rings is 1. The van der Waals surface area contributed by atoms with Crippen LogP contribution in [0.2, 0.25) is 0 Å². The van der Waals surface area contributed by atoms with Crippen LogP contribution in [-0.4, -0.2) is 60.2 Å². The minimum atomic E-state index is -0.789. The van der Waals surface area contributed by atoms with Crippen LogP contribution in [0.3, 0.4) is 0 Å². The smallest absolute Gasteiger partial charge is 0.246 e. The highest BCUT2D eigenvalue weighted by molar-refractivity contribution is 7.80. The van der Waals surface area contributed by atoms with Gasteiger partial charge in [0.2, 0.25) is 17.7 Å². The van der Waals surface area contributed by atoms with Crippen LogP contribution in [0.4, 0.5) is 0 Å². The average Bonchev–Trinajstić information content (AvgIpc) is 2.34. The van der Waals surface area contributed by atoms with E-state index in [1.807, 2.05) is 0 Å². The Morgan fingerprint density at radius 3 is 2.72 bits per heavy atom. The maximum Gasteiger partial charge on any atom is 0.246 e. The number of nitrogens with one attached hydrogen (secondary N) is 1. The second-order valence-electron chi connectivity index (χ2n) is 3.96. The van der Waals surface area contributed by atoms with Crippen molar-refractivity contribution >= 4 is 30.4 Å².